The molecule has 4 aliphatic rings. The Balaban J connectivity index is 1.93. The van der Waals surface area contributed by atoms with Crippen molar-refractivity contribution in [3.8, 4) is 0 Å². The molecule has 1 atom stereocenters. The molecule has 5 nitrogen and oxygen atoms in total. The molecule has 0 aromatic carbocycles. The summed E-state index contributed by atoms with van der Waals surface area (Å²) < 4.78 is 0. The highest BCUT2D eigenvalue weighted by molar-refractivity contribution is 5.69. The van der Waals surface area contributed by atoms with Crippen LogP contribution >= 0.6 is 0 Å². The van der Waals surface area contributed by atoms with Crippen molar-refractivity contribution >= 4 is 12.8 Å². The van der Waals surface area contributed by atoms with Gasteiger partial charge in [-0.05, 0) is 61.7 Å². The van der Waals surface area contributed by atoms with E-state index in [4.69, 9.17) is 0 Å². The molecule has 0 aromatic rings. The number of carbonyl (C=O) groups excluding carboxylic acids is 2. The fourth-order valence-electron chi connectivity index (χ4n) is 5.48. The smallest absolute Gasteiger partial charge is 0.216 e. The highest BCUT2D eigenvalue weighted by Crippen LogP contribution is 2.62. The quantitative estimate of drug-likeness (QED) is 0.561. The Bertz CT molecular complexity index is 338. The third-order valence-electron chi connectivity index (χ3n) is 5.56. The molecule has 0 aromatic heterocycles. The van der Waals surface area contributed by atoms with Gasteiger partial charge in [-0.25, -0.2) is 0 Å². The molecular formula is C14H21NO4. The molecule has 0 spiro atoms. The normalized spacial score (nSPS) is 41.3. The number of hydrogen-bond donors (Lipinski definition) is 2. The van der Waals surface area contributed by atoms with Crippen LogP contribution in [0.4, 0.5) is 0 Å². The molecular weight excluding hydrogens is 246 g/mol. The molecule has 0 aliphatic heterocycles. The number of hydrogen-bond acceptors (Lipinski definition) is 4. The summed E-state index contributed by atoms with van der Waals surface area (Å²) in [6.45, 7) is 0. The molecule has 4 fully saturated rings. The van der Waals surface area contributed by atoms with Crippen LogP contribution in [0.5, 0.6) is 0 Å². The van der Waals surface area contributed by atoms with Gasteiger partial charge in [-0.3, -0.25) is 14.5 Å². The minimum atomic E-state index is -1.65. The van der Waals surface area contributed by atoms with Crippen molar-refractivity contribution in [2.75, 3.05) is 0 Å². The fraction of sp³-hybridized carbons (Fsp3) is 0.857. The number of nitrogens with zero attached hydrogens (tertiary/aromatic N) is 1. The minimum Gasteiger partial charge on any atom is -0.366 e. The summed E-state index contributed by atoms with van der Waals surface area (Å²) in [7, 11) is 0. The van der Waals surface area contributed by atoms with Gasteiger partial charge in [-0.1, -0.05) is 0 Å². The van der Waals surface area contributed by atoms with Crippen LogP contribution < -0.4 is 0 Å². The van der Waals surface area contributed by atoms with E-state index in [2.05, 4.69) is 0 Å². The maximum atomic E-state index is 11.0. The van der Waals surface area contributed by atoms with Crippen molar-refractivity contribution in [1.29, 1.82) is 0 Å². The van der Waals surface area contributed by atoms with Crippen LogP contribution in [0.1, 0.15) is 38.5 Å². The predicted molar refractivity (Wildman–Crippen MR) is 66.6 cm³/mol. The molecule has 4 saturated carbocycles. The van der Waals surface area contributed by atoms with Crippen molar-refractivity contribution in [1.82, 2.24) is 4.90 Å². The number of carbonyl (C=O) groups is 2. The van der Waals surface area contributed by atoms with Gasteiger partial charge in [-0.15, -0.1) is 0 Å². The molecule has 5 heteroatoms. The minimum absolute atomic E-state index is 0.273. The zero-order valence-corrected chi connectivity index (χ0v) is 10.9. The number of imide groups is 1. The predicted octanol–water partition coefficient (Wildman–Crippen LogP) is 0.497. The summed E-state index contributed by atoms with van der Waals surface area (Å²) in [6.07, 6.45) is 5.65. The number of aliphatic hydroxyl groups excluding tert-OH is 1. The second kappa shape index (κ2) is 4.56. The van der Waals surface area contributed by atoms with Crippen LogP contribution in [0.15, 0.2) is 0 Å². The highest BCUT2D eigenvalue weighted by Gasteiger charge is 2.57. The van der Waals surface area contributed by atoms with E-state index < -0.39 is 12.3 Å². The summed E-state index contributed by atoms with van der Waals surface area (Å²) in [5.74, 6) is 1.90. The van der Waals surface area contributed by atoms with Crippen molar-refractivity contribution in [3.63, 3.8) is 0 Å². The number of aliphatic hydroxyl groups is 2. The summed E-state index contributed by atoms with van der Waals surface area (Å²) in [4.78, 5) is 23.0. The van der Waals surface area contributed by atoms with Gasteiger partial charge in [-0.2, -0.15) is 0 Å². The number of rotatable bonds is 5. The van der Waals surface area contributed by atoms with Crippen LogP contribution in [0.25, 0.3) is 0 Å². The first-order valence-electron chi connectivity index (χ1n) is 7.12. The first kappa shape index (κ1) is 13.1. The van der Waals surface area contributed by atoms with Gasteiger partial charge in [0.05, 0.1) is 6.04 Å². The van der Waals surface area contributed by atoms with Gasteiger partial charge < -0.3 is 10.2 Å². The lowest BCUT2D eigenvalue weighted by atomic mass is 9.47. The fourth-order valence-corrected chi connectivity index (χ4v) is 5.48. The lowest BCUT2D eigenvalue weighted by Gasteiger charge is -2.60. The Morgan fingerprint density at radius 2 is 1.37 bits per heavy atom. The summed E-state index contributed by atoms with van der Waals surface area (Å²) >= 11 is 0. The Kier molecular flexibility index (Phi) is 3.14. The molecule has 2 amide bonds. The lowest BCUT2D eigenvalue weighted by Crippen LogP contribution is -2.60. The average molecular weight is 267 g/mol. The molecule has 0 radical (unpaired) electrons. The van der Waals surface area contributed by atoms with Crippen LogP contribution in [-0.4, -0.2) is 40.3 Å². The van der Waals surface area contributed by atoms with Crippen LogP contribution in [0.3, 0.4) is 0 Å². The zero-order chi connectivity index (χ0) is 13.6. The Morgan fingerprint density at radius 1 is 0.947 bits per heavy atom. The van der Waals surface area contributed by atoms with Gasteiger partial charge in [0, 0.05) is 0 Å². The van der Waals surface area contributed by atoms with Gasteiger partial charge in [0.1, 0.15) is 0 Å². The monoisotopic (exact) mass is 267 g/mol. The third kappa shape index (κ3) is 1.99. The van der Waals surface area contributed by atoms with E-state index in [-0.39, 0.29) is 5.41 Å². The molecule has 19 heavy (non-hydrogen) atoms. The highest BCUT2D eigenvalue weighted by atomic mass is 16.5. The molecule has 0 saturated heterocycles. The summed E-state index contributed by atoms with van der Waals surface area (Å²) in [5, 5.41) is 19.4. The molecule has 4 aliphatic carbocycles. The van der Waals surface area contributed by atoms with E-state index >= 15 is 0 Å². The lowest BCUT2D eigenvalue weighted by molar-refractivity contribution is -0.186. The molecule has 4 bridgehead atoms. The average Bonchev–Trinajstić information content (AvgIpc) is 2.33. The van der Waals surface area contributed by atoms with E-state index in [1.54, 1.807) is 0 Å². The molecule has 0 heterocycles. The molecule has 2 N–H and O–H groups in total. The Labute approximate surface area is 112 Å². The maximum Gasteiger partial charge on any atom is 0.216 e. The van der Waals surface area contributed by atoms with Crippen molar-refractivity contribution in [3.05, 3.63) is 0 Å². The van der Waals surface area contributed by atoms with Gasteiger partial charge >= 0.3 is 0 Å². The van der Waals surface area contributed by atoms with Crippen molar-refractivity contribution in [2.45, 2.75) is 50.9 Å². The van der Waals surface area contributed by atoms with E-state index in [0.29, 0.717) is 30.6 Å². The SMILES string of the molecule is O=CN(C=O)[C@H](C(O)O)C12CC3CC(CC(C3)C1)C2. The number of amides is 2. The van der Waals surface area contributed by atoms with Gasteiger partial charge in [0.15, 0.2) is 6.29 Å². The maximum absolute atomic E-state index is 11.0. The first-order chi connectivity index (χ1) is 9.08. The second-order valence-electron chi connectivity index (χ2n) is 6.80. The molecule has 0 unspecified atom stereocenters. The first-order valence-corrected chi connectivity index (χ1v) is 7.12. The summed E-state index contributed by atoms with van der Waals surface area (Å²) in [5.41, 5.74) is -0.273. The van der Waals surface area contributed by atoms with E-state index in [1.165, 1.54) is 19.3 Å². The van der Waals surface area contributed by atoms with Crippen LogP contribution in [0, 0.1) is 23.2 Å². The van der Waals surface area contributed by atoms with Crippen molar-refractivity contribution < 1.29 is 19.8 Å². The van der Waals surface area contributed by atoms with Crippen molar-refractivity contribution in [2.24, 2.45) is 23.2 Å². The largest absolute Gasteiger partial charge is 0.366 e. The second-order valence-corrected chi connectivity index (χ2v) is 6.80. The standard InChI is InChI=1S/C14H21NO4/c16-7-15(8-17)12(13(18)19)14-4-9-1-10(5-14)3-11(2-9)6-14/h7-13,18-19H,1-6H2/t9?,10?,11?,12-,14?/m1/s1. The van der Waals surface area contributed by atoms with E-state index in [0.717, 1.165) is 24.2 Å². The molecule has 4 rings (SSSR count). The summed E-state index contributed by atoms with van der Waals surface area (Å²) in [6, 6.07) is -0.782. The molecule has 106 valence electrons. The van der Waals surface area contributed by atoms with Crippen LogP contribution in [-0.2, 0) is 9.59 Å². The van der Waals surface area contributed by atoms with E-state index in [9.17, 15) is 19.8 Å². The Hall–Kier alpha value is -0.940. The zero-order valence-electron chi connectivity index (χ0n) is 10.9. The topological polar surface area (TPSA) is 77.8 Å². The van der Waals surface area contributed by atoms with E-state index in [1.807, 2.05) is 0 Å². The van der Waals surface area contributed by atoms with Gasteiger partial charge in [0.2, 0.25) is 12.8 Å². The third-order valence-corrected chi connectivity index (χ3v) is 5.56. The Morgan fingerprint density at radius 3 is 1.68 bits per heavy atom. The van der Waals surface area contributed by atoms with Crippen LogP contribution in [0.2, 0.25) is 0 Å². The van der Waals surface area contributed by atoms with Gasteiger partial charge in [0.25, 0.3) is 0 Å².